The van der Waals surface area contributed by atoms with Crippen LogP contribution in [-0.2, 0) is 15.1 Å². The zero-order valence-corrected chi connectivity index (χ0v) is 12.7. The average Bonchev–Trinajstić information content (AvgIpc) is 2.50. The number of hydrogen-bond donors (Lipinski definition) is 1. The molecule has 0 aliphatic rings. The summed E-state index contributed by atoms with van der Waals surface area (Å²) in [4.78, 5) is 16.4. The Kier molecular flexibility index (Phi) is 4.81. The number of hydrogen-bond acceptors (Lipinski definition) is 4. The molecule has 0 fully saturated rings. The van der Waals surface area contributed by atoms with E-state index in [-0.39, 0.29) is 5.97 Å². The van der Waals surface area contributed by atoms with Gasteiger partial charge in [0.15, 0.2) is 5.54 Å². The van der Waals surface area contributed by atoms with Crippen molar-refractivity contribution in [3.8, 4) is 0 Å². The van der Waals surface area contributed by atoms with Gasteiger partial charge in [0.05, 0.1) is 17.3 Å². The summed E-state index contributed by atoms with van der Waals surface area (Å²) in [7, 11) is 0. The van der Waals surface area contributed by atoms with E-state index in [9.17, 15) is 4.79 Å². The normalized spacial score (nSPS) is 13.3. The molecule has 21 heavy (non-hydrogen) atoms. The first-order valence-corrected chi connectivity index (χ1v) is 7.06. The molecule has 5 heteroatoms. The van der Waals surface area contributed by atoms with Crippen LogP contribution in [0.15, 0.2) is 48.8 Å². The number of nitrogens with zero attached hydrogens (tertiary/aromatic N) is 1. The largest absolute Gasteiger partial charge is 0.464 e. The molecule has 1 aromatic carbocycles. The van der Waals surface area contributed by atoms with E-state index < -0.39 is 5.54 Å². The number of pyridine rings is 1. The monoisotopic (exact) mass is 304 g/mol. The summed E-state index contributed by atoms with van der Waals surface area (Å²) in [6, 6.07) is 10.8. The molecule has 0 aliphatic heterocycles. The Hall–Kier alpha value is -2.07. The number of aromatic nitrogens is 1. The summed E-state index contributed by atoms with van der Waals surface area (Å²) in [5.41, 5.74) is 0.395. The first kappa shape index (κ1) is 15.3. The summed E-state index contributed by atoms with van der Waals surface area (Å²) in [5, 5.41) is 3.73. The van der Waals surface area contributed by atoms with Crippen LogP contribution in [0.2, 0.25) is 5.02 Å². The Morgan fingerprint density at radius 2 is 1.95 bits per heavy atom. The molecular formula is C16H17ClN2O2. The lowest BCUT2D eigenvalue weighted by atomic mass is 9.92. The fourth-order valence-corrected chi connectivity index (χ4v) is 2.22. The molecule has 0 spiro atoms. The minimum Gasteiger partial charge on any atom is -0.464 e. The maximum absolute atomic E-state index is 12.4. The van der Waals surface area contributed by atoms with Crippen molar-refractivity contribution in [1.29, 1.82) is 0 Å². The van der Waals surface area contributed by atoms with E-state index in [0.29, 0.717) is 17.3 Å². The minimum atomic E-state index is -1.04. The molecule has 110 valence electrons. The molecule has 1 N–H and O–H groups in total. The third-order valence-electron chi connectivity index (χ3n) is 3.20. The van der Waals surface area contributed by atoms with E-state index >= 15 is 0 Å². The van der Waals surface area contributed by atoms with Crippen molar-refractivity contribution in [2.75, 3.05) is 11.9 Å². The fourth-order valence-electron chi connectivity index (χ4n) is 2.03. The van der Waals surface area contributed by atoms with Crippen LogP contribution in [0.5, 0.6) is 0 Å². The second-order valence-corrected chi connectivity index (χ2v) is 5.09. The highest BCUT2D eigenvalue weighted by Gasteiger charge is 2.37. The number of ether oxygens (including phenoxy) is 1. The average molecular weight is 305 g/mol. The SMILES string of the molecule is CCOC(=O)C(C)(Nc1ccccc1Cl)c1ccncc1. The van der Waals surface area contributed by atoms with E-state index in [2.05, 4.69) is 10.3 Å². The molecule has 0 amide bonds. The second kappa shape index (κ2) is 6.59. The summed E-state index contributed by atoms with van der Waals surface area (Å²) < 4.78 is 5.21. The van der Waals surface area contributed by atoms with Gasteiger partial charge in [0.1, 0.15) is 0 Å². The lowest BCUT2D eigenvalue weighted by molar-refractivity contribution is -0.148. The molecule has 2 rings (SSSR count). The van der Waals surface area contributed by atoms with Crippen molar-refractivity contribution in [2.24, 2.45) is 0 Å². The highest BCUT2D eigenvalue weighted by atomic mass is 35.5. The smallest absolute Gasteiger partial charge is 0.336 e. The van der Waals surface area contributed by atoms with Gasteiger partial charge in [-0.25, -0.2) is 4.79 Å². The number of benzene rings is 1. The van der Waals surface area contributed by atoms with Gasteiger partial charge in [0.2, 0.25) is 0 Å². The molecule has 0 aliphatic carbocycles. The Balaban J connectivity index is 2.42. The number of carbonyl (C=O) groups excluding carboxylic acids is 1. The maximum Gasteiger partial charge on any atom is 0.336 e. The highest BCUT2D eigenvalue weighted by molar-refractivity contribution is 6.33. The van der Waals surface area contributed by atoms with Gasteiger partial charge in [-0.05, 0) is 43.7 Å². The van der Waals surface area contributed by atoms with Crippen LogP contribution >= 0.6 is 11.6 Å². The van der Waals surface area contributed by atoms with E-state index in [1.54, 1.807) is 44.4 Å². The number of halogens is 1. The van der Waals surface area contributed by atoms with E-state index in [1.165, 1.54) is 0 Å². The maximum atomic E-state index is 12.4. The lowest BCUT2D eigenvalue weighted by Crippen LogP contribution is -2.42. The standard InChI is InChI=1S/C16H17ClN2O2/c1-3-21-15(20)16(2,12-8-10-18-11-9-12)19-14-7-5-4-6-13(14)17/h4-11,19H,3H2,1-2H3. The molecular weight excluding hydrogens is 288 g/mol. The van der Waals surface area contributed by atoms with E-state index in [1.807, 2.05) is 18.2 Å². The number of nitrogens with one attached hydrogen (secondary N) is 1. The van der Waals surface area contributed by atoms with Crippen LogP contribution in [0.3, 0.4) is 0 Å². The van der Waals surface area contributed by atoms with Crippen molar-refractivity contribution >= 4 is 23.3 Å². The van der Waals surface area contributed by atoms with Gasteiger partial charge in [0.25, 0.3) is 0 Å². The Morgan fingerprint density at radius 3 is 2.57 bits per heavy atom. The quantitative estimate of drug-likeness (QED) is 0.857. The van der Waals surface area contributed by atoms with Gasteiger partial charge < -0.3 is 10.1 Å². The first-order valence-electron chi connectivity index (χ1n) is 6.68. The van der Waals surface area contributed by atoms with Gasteiger partial charge in [0, 0.05) is 12.4 Å². The topological polar surface area (TPSA) is 51.2 Å². The van der Waals surface area contributed by atoms with Gasteiger partial charge in [-0.2, -0.15) is 0 Å². The molecule has 0 radical (unpaired) electrons. The third kappa shape index (κ3) is 3.34. The van der Waals surface area contributed by atoms with Crippen molar-refractivity contribution in [1.82, 2.24) is 4.98 Å². The number of esters is 1. The predicted molar refractivity (Wildman–Crippen MR) is 83.3 cm³/mol. The van der Waals surface area contributed by atoms with Gasteiger partial charge in [-0.15, -0.1) is 0 Å². The van der Waals surface area contributed by atoms with Crippen LogP contribution in [0.25, 0.3) is 0 Å². The molecule has 1 aromatic heterocycles. The molecule has 4 nitrogen and oxygen atoms in total. The zero-order chi connectivity index (χ0) is 15.3. The number of para-hydroxylation sites is 1. The lowest BCUT2D eigenvalue weighted by Gasteiger charge is -2.30. The highest BCUT2D eigenvalue weighted by Crippen LogP contribution is 2.31. The van der Waals surface area contributed by atoms with Gasteiger partial charge in [-0.3, -0.25) is 4.98 Å². The molecule has 1 unspecified atom stereocenters. The Bertz CT molecular complexity index is 619. The number of rotatable bonds is 5. The van der Waals surface area contributed by atoms with E-state index in [0.717, 1.165) is 5.56 Å². The fraction of sp³-hybridized carbons (Fsp3) is 0.250. The summed E-state index contributed by atoms with van der Waals surface area (Å²) in [5.74, 6) is -0.365. The van der Waals surface area contributed by atoms with Gasteiger partial charge >= 0.3 is 5.97 Å². The van der Waals surface area contributed by atoms with Crippen molar-refractivity contribution in [2.45, 2.75) is 19.4 Å². The number of anilines is 1. The Morgan fingerprint density at radius 1 is 1.29 bits per heavy atom. The molecule has 0 bridgehead atoms. The first-order chi connectivity index (χ1) is 10.1. The predicted octanol–water partition coefficient (Wildman–Crippen LogP) is 3.63. The minimum absolute atomic E-state index is 0.309. The van der Waals surface area contributed by atoms with Gasteiger partial charge in [-0.1, -0.05) is 23.7 Å². The third-order valence-corrected chi connectivity index (χ3v) is 3.53. The summed E-state index contributed by atoms with van der Waals surface area (Å²) >= 11 is 6.17. The summed E-state index contributed by atoms with van der Waals surface area (Å²) in [6.07, 6.45) is 3.28. The van der Waals surface area contributed by atoms with Crippen molar-refractivity contribution in [3.05, 3.63) is 59.4 Å². The number of carbonyl (C=O) groups is 1. The zero-order valence-electron chi connectivity index (χ0n) is 12.0. The molecule has 1 atom stereocenters. The second-order valence-electron chi connectivity index (χ2n) is 4.69. The van der Waals surface area contributed by atoms with Crippen LogP contribution in [0, 0.1) is 0 Å². The Labute approximate surface area is 129 Å². The van der Waals surface area contributed by atoms with Crippen LogP contribution < -0.4 is 5.32 Å². The molecule has 0 saturated carbocycles. The molecule has 0 saturated heterocycles. The van der Waals surface area contributed by atoms with Crippen LogP contribution in [-0.4, -0.2) is 17.6 Å². The molecule has 1 heterocycles. The summed E-state index contributed by atoms with van der Waals surface area (Å²) in [6.45, 7) is 3.85. The van der Waals surface area contributed by atoms with E-state index in [4.69, 9.17) is 16.3 Å². The van der Waals surface area contributed by atoms with Crippen LogP contribution in [0.1, 0.15) is 19.4 Å². The van der Waals surface area contributed by atoms with Crippen molar-refractivity contribution < 1.29 is 9.53 Å². The molecule has 2 aromatic rings. The van der Waals surface area contributed by atoms with Crippen LogP contribution in [0.4, 0.5) is 5.69 Å². The van der Waals surface area contributed by atoms with Crippen molar-refractivity contribution in [3.63, 3.8) is 0 Å².